The van der Waals surface area contributed by atoms with E-state index in [1.54, 1.807) is 6.92 Å². The first-order valence-electron chi connectivity index (χ1n) is 5.53. The molecule has 0 aliphatic rings. The number of likely N-dealkylation sites (N-methyl/N-ethyl adjacent to an activating group) is 1. The number of esters is 1. The third-order valence-electron chi connectivity index (χ3n) is 2.35. The number of nitrogens with zero attached hydrogens (tertiary/aromatic N) is 1. The van der Waals surface area contributed by atoms with Crippen LogP contribution in [0.15, 0.2) is 22.2 Å². The quantitative estimate of drug-likeness (QED) is 0.443. The lowest BCUT2D eigenvalue weighted by Crippen LogP contribution is -2.52. The Labute approximate surface area is 110 Å². The maximum Gasteiger partial charge on any atom is 0.326 e. The normalized spacial score (nSPS) is 13.9. The summed E-state index contributed by atoms with van der Waals surface area (Å²) in [5.74, 6) is 0.0793. The fourth-order valence-electron chi connectivity index (χ4n) is 1.44. The molecule has 1 aromatic rings. The fourth-order valence-corrected chi connectivity index (χ4v) is 2.39. The second-order valence-electron chi connectivity index (χ2n) is 3.88. The van der Waals surface area contributed by atoms with Crippen molar-refractivity contribution in [2.75, 3.05) is 19.4 Å². The lowest BCUT2D eigenvalue weighted by atomic mass is 10.1. The van der Waals surface area contributed by atoms with E-state index >= 15 is 0 Å². The molecule has 100 valence electrons. The molecule has 0 saturated heterocycles. The molecule has 0 aliphatic carbocycles. The van der Waals surface area contributed by atoms with Gasteiger partial charge in [-0.3, -0.25) is 9.59 Å². The average Bonchev–Trinajstić information content (AvgIpc) is 2.36. The van der Waals surface area contributed by atoms with Crippen molar-refractivity contribution < 1.29 is 9.53 Å². The van der Waals surface area contributed by atoms with E-state index in [9.17, 15) is 9.59 Å². The van der Waals surface area contributed by atoms with Crippen molar-refractivity contribution >= 4 is 17.7 Å². The summed E-state index contributed by atoms with van der Waals surface area (Å²) in [6.45, 7) is 4.32. The van der Waals surface area contributed by atoms with E-state index in [0.29, 0.717) is 17.5 Å². The Morgan fingerprint density at radius 1 is 1.67 bits per heavy atom. The fraction of sp³-hybridized carbons (Fsp3) is 0.545. The number of thioether (sulfide) groups is 1. The van der Waals surface area contributed by atoms with Gasteiger partial charge in [-0.1, -0.05) is 18.7 Å². The molecule has 2 N–H and O–H groups in total. The first kappa shape index (κ1) is 14.7. The molecule has 7 heteroatoms. The number of methoxy groups -OCH3 is 1. The SMILES string of the molecule is CCNC(C)(CSc1nccc(=O)[nH]1)C(=O)OC. The van der Waals surface area contributed by atoms with Gasteiger partial charge in [0.25, 0.3) is 5.56 Å². The smallest absolute Gasteiger partial charge is 0.326 e. The zero-order chi connectivity index (χ0) is 13.6. The van der Waals surface area contributed by atoms with Crippen molar-refractivity contribution in [2.45, 2.75) is 24.5 Å². The number of carbonyl (C=O) groups is 1. The number of nitrogens with one attached hydrogen (secondary N) is 2. The highest BCUT2D eigenvalue weighted by molar-refractivity contribution is 7.99. The van der Waals surface area contributed by atoms with Gasteiger partial charge in [-0.15, -0.1) is 0 Å². The average molecular weight is 271 g/mol. The number of hydrogen-bond donors (Lipinski definition) is 2. The number of H-pyrrole nitrogens is 1. The number of ether oxygens (including phenoxy) is 1. The van der Waals surface area contributed by atoms with Crippen LogP contribution in [0, 0.1) is 0 Å². The van der Waals surface area contributed by atoms with Gasteiger partial charge < -0.3 is 15.0 Å². The van der Waals surface area contributed by atoms with Gasteiger partial charge in [0.1, 0.15) is 5.54 Å². The largest absolute Gasteiger partial charge is 0.468 e. The topological polar surface area (TPSA) is 84.1 Å². The second-order valence-corrected chi connectivity index (χ2v) is 4.85. The Balaban J connectivity index is 2.73. The van der Waals surface area contributed by atoms with Gasteiger partial charge in [0.15, 0.2) is 5.16 Å². The molecule has 0 spiro atoms. The molecule has 0 fully saturated rings. The second kappa shape index (κ2) is 6.55. The Morgan fingerprint density at radius 3 is 2.94 bits per heavy atom. The molecule has 1 atom stereocenters. The minimum atomic E-state index is -0.803. The maximum atomic E-state index is 11.7. The van der Waals surface area contributed by atoms with Gasteiger partial charge in [0.2, 0.25) is 0 Å². The number of rotatable bonds is 6. The summed E-state index contributed by atoms with van der Waals surface area (Å²) in [7, 11) is 1.35. The van der Waals surface area contributed by atoms with Crippen molar-refractivity contribution in [3.05, 3.63) is 22.6 Å². The van der Waals surface area contributed by atoms with Gasteiger partial charge >= 0.3 is 5.97 Å². The van der Waals surface area contributed by atoms with Crippen LogP contribution in [-0.4, -0.2) is 40.9 Å². The molecule has 1 heterocycles. The number of hydrogen-bond acceptors (Lipinski definition) is 6. The van der Waals surface area contributed by atoms with Crippen molar-refractivity contribution in [1.82, 2.24) is 15.3 Å². The van der Waals surface area contributed by atoms with Gasteiger partial charge in [-0.05, 0) is 13.5 Å². The van der Waals surface area contributed by atoms with Crippen molar-refractivity contribution in [1.29, 1.82) is 0 Å². The summed E-state index contributed by atoms with van der Waals surface area (Å²) >= 11 is 1.30. The van der Waals surface area contributed by atoms with Gasteiger partial charge in [0.05, 0.1) is 7.11 Å². The summed E-state index contributed by atoms with van der Waals surface area (Å²) < 4.78 is 4.77. The van der Waals surface area contributed by atoms with Crippen molar-refractivity contribution in [2.24, 2.45) is 0 Å². The molecule has 18 heavy (non-hydrogen) atoms. The first-order valence-corrected chi connectivity index (χ1v) is 6.52. The molecule has 1 unspecified atom stereocenters. The van der Waals surface area contributed by atoms with E-state index < -0.39 is 5.54 Å². The number of carbonyl (C=O) groups excluding carboxylic acids is 1. The van der Waals surface area contributed by atoms with E-state index in [1.165, 1.54) is 31.1 Å². The van der Waals surface area contributed by atoms with Crippen LogP contribution >= 0.6 is 11.8 Å². The molecule has 0 aromatic carbocycles. The van der Waals surface area contributed by atoms with E-state index in [0.717, 1.165) is 0 Å². The van der Waals surface area contributed by atoms with E-state index in [2.05, 4.69) is 15.3 Å². The summed E-state index contributed by atoms with van der Waals surface area (Å²) in [5, 5.41) is 3.56. The van der Waals surface area contributed by atoms with Crippen LogP contribution in [0.2, 0.25) is 0 Å². The van der Waals surface area contributed by atoms with Crippen LogP contribution in [0.25, 0.3) is 0 Å². The standard InChI is InChI=1S/C11H17N3O3S/c1-4-13-11(2,9(16)17-3)7-18-10-12-6-5-8(15)14-10/h5-6,13H,4,7H2,1-3H3,(H,12,14,15). The minimum absolute atomic E-state index is 0.212. The van der Waals surface area contributed by atoms with Crippen LogP contribution in [0.5, 0.6) is 0 Å². The summed E-state index contributed by atoms with van der Waals surface area (Å²) in [4.78, 5) is 29.4. The highest BCUT2D eigenvalue weighted by Crippen LogP contribution is 2.19. The van der Waals surface area contributed by atoms with Crippen LogP contribution in [0.4, 0.5) is 0 Å². The van der Waals surface area contributed by atoms with Crippen molar-refractivity contribution in [3.8, 4) is 0 Å². The predicted molar refractivity (Wildman–Crippen MR) is 69.7 cm³/mol. The molecule has 0 saturated carbocycles. The van der Waals surface area contributed by atoms with Gasteiger partial charge in [-0.25, -0.2) is 4.98 Å². The zero-order valence-electron chi connectivity index (χ0n) is 10.6. The molecule has 1 aromatic heterocycles. The molecule has 6 nitrogen and oxygen atoms in total. The Bertz CT molecular complexity index is 463. The minimum Gasteiger partial charge on any atom is -0.468 e. The Hall–Kier alpha value is -1.34. The van der Waals surface area contributed by atoms with E-state index in [1.807, 2.05) is 6.92 Å². The first-order chi connectivity index (χ1) is 8.51. The van der Waals surface area contributed by atoms with Crippen LogP contribution in [0.3, 0.4) is 0 Å². The van der Waals surface area contributed by atoms with Crippen LogP contribution in [0.1, 0.15) is 13.8 Å². The molecule has 1 rings (SSSR count). The highest BCUT2D eigenvalue weighted by atomic mass is 32.2. The Kier molecular flexibility index (Phi) is 5.36. The predicted octanol–water partition coefficient (Wildman–Crippen LogP) is 0.403. The lowest BCUT2D eigenvalue weighted by molar-refractivity contribution is -0.146. The molecule has 0 bridgehead atoms. The highest BCUT2D eigenvalue weighted by Gasteiger charge is 2.33. The lowest BCUT2D eigenvalue weighted by Gasteiger charge is -2.26. The number of aromatic amines is 1. The summed E-state index contributed by atoms with van der Waals surface area (Å²) in [6, 6.07) is 1.34. The van der Waals surface area contributed by atoms with Gasteiger partial charge in [0, 0.05) is 18.0 Å². The number of aromatic nitrogens is 2. The summed E-state index contributed by atoms with van der Waals surface area (Å²) in [5.41, 5.74) is -1.02. The molecule has 0 aliphatic heterocycles. The molecule has 0 radical (unpaired) electrons. The monoisotopic (exact) mass is 271 g/mol. The van der Waals surface area contributed by atoms with Crippen LogP contribution in [-0.2, 0) is 9.53 Å². The third-order valence-corrected chi connectivity index (χ3v) is 3.55. The Morgan fingerprint density at radius 2 is 2.39 bits per heavy atom. The van der Waals surface area contributed by atoms with E-state index in [4.69, 9.17) is 4.74 Å². The van der Waals surface area contributed by atoms with Crippen molar-refractivity contribution in [3.63, 3.8) is 0 Å². The third kappa shape index (κ3) is 3.85. The van der Waals surface area contributed by atoms with Gasteiger partial charge in [-0.2, -0.15) is 0 Å². The van der Waals surface area contributed by atoms with E-state index in [-0.39, 0.29) is 11.5 Å². The van der Waals surface area contributed by atoms with Crippen LogP contribution < -0.4 is 10.9 Å². The molecular weight excluding hydrogens is 254 g/mol. The maximum absolute atomic E-state index is 11.7. The summed E-state index contributed by atoms with van der Waals surface area (Å²) in [6.07, 6.45) is 1.43. The molecule has 0 amide bonds. The zero-order valence-corrected chi connectivity index (χ0v) is 11.5. The molecular formula is C11H17N3O3S.